The van der Waals surface area contributed by atoms with Gasteiger partial charge in [0.1, 0.15) is 12.4 Å². The van der Waals surface area contributed by atoms with Gasteiger partial charge in [-0.15, -0.1) is 0 Å². The molecule has 0 saturated carbocycles. The van der Waals surface area contributed by atoms with E-state index in [2.05, 4.69) is 15.4 Å². The Hall–Kier alpha value is -1.85. The maximum Gasteiger partial charge on any atom is 0.226 e. The number of carbonyl (C=O) groups excluding carboxylic acids is 1. The van der Waals surface area contributed by atoms with Crippen LogP contribution in [0.25, 0.3) is 0 Å². The summed E-state index contributed by atoms with van der Waals surface area (Å²) in [6.07, 6.45) is 3.67. The Labute approximate surface area is 136 Å². The third-order valence-electron chi connectivity index (χ3n) is 4.09. The zero-order chi connectivity index (χ0) is 15.3. The summed E-state index contributed by atoms with van der Waals surface area (Å²) in [4.78, 5) is 16.7. The van der Waals surface area contributed by atoms with E-state index in [-0.39, 0.29) is 11.8 Å². The zero-order valence-corrected chi connectivity index (χ0v) is 13.0. The molecule has 1 aliphatic heterocycles. The van der Waals surface area contributed by atoms with Crippen LogP contribution in [0.4, 0.5) is 5.95 Å². The number of allylic oxidation sites excluding steroid dienone is 2. The van der Waals surface area contributed by atoms with E-state index in [0.717, 1.165) is 24.1 Å². The molecule has 0 fully saturated rings. The van der Waals surface area contributed by atoms with E-state index >= 15 is 0 Å². The number of Topliss-reactive ketones (excluding diaryl/α,β-unsaturated/α-hetero) is 1. The first-order valence-corrected chi connectivity index (χ1v) is 7.79. The Kier molecular flexibility index (Phi) is 3.20. The lowest BCUT2D eigenvalue weighted by Crippen LogP contribution is -2.31. The predicted molar refractivity (Wildman–Crippen MR) is 84.1 cm³/mol. The maximum absolute atomic E-state index is 12.5. The molecule has 22 heavy (non-hydrogen) atoms. The molecule has 5 nitrogen and oxygen atoms in total. The lowest BCUT2D eigenvalue weighted by atomic mass is 9.85. The van der Waals surface area contributed by atoms with Crippen molar-refractivity contribution in [1.82, 2.24) is 14.8 Å². The second-order valence-corrected chi connectivity index (χ2v) is 6.15. The number of ketones is 1. The van der Waals surface area contributed by atoms with Crippen LogP contribution in [0.15, 0.2) is 35.8 Å². The van der Waals surface area contributed by atoms with E-state index < -0.39 is 0 Å². The highest BCUT2D eigenvalue weighted by molar-refractivity contribution is 6.42. The molecule has 1 aromatic heterocycles. The Morgan fingerprint density at radius 3 is 3.00 bits per heavy atom. The van der Waals surface area contributed by atoms with E-state index in [4.69, 9.17) is 23.2 Å². The topological polar surface area (TPSA) is 59.8 Å². The molecule has 1 N–H and O–H groups in total. The zero-order valence-electron chi connectivity index (χ0n) is 11.5. The first-order chi connectivity index (χ1) is 10.7. The van der Waals surface area contributed by atoms with Gasteiger partial charge < -0.3 is 5.32 Å². The molecule has 0 radical (unpaired) electrons. The van der Waals surface area contributed by atoms with Crippen molar-refractivity contribution < 1.29 is 4.79 Å². The van der Waals surface area contributed by atoms with Crippen LogP contribution in [-0.4, -0.2) is 20.5 Å². The van der Waals surface area contributed by atoms with Gasteiger partial charge in [-0.1, -0.05) is 35.3 Å². The van der Waals surface area contributed by atoms with Crippen molar-refractivity contribution in [3.63, 3.8) is 0 Å². The number of hydrogen-bond acceptors (Lipinski definition) is 4. The minimum absolute atomic E-state index is 0.121. The predicted octanol–water partition coefficient (Wildman–Crippen LogP) is 3.61. The molecule has 2 aliphatic rings. The van der Waals surface area contributed by atoms with Crippen molar-refractivity contribution in [3.05, 3.63) is 51.4 Å². The summed E-state index contributed by atoms with van der Waals surface area (Å²) in [6.45, 7) is 0. The second-order valence-electron chi connectivity index (χ2n) is 5.37. The minimum Gasteiger partial charge on any atom is -0.328 e. The number of anilines is 1. The fraction of sp³-hybridized carbons (Fsp3) is 0.267. The molecule has 1 atom stereocenters. The van der Waals surface area contributed by atoms with Crippen LogP contribution >= 0.6 is 23.2 Å². The fourth-order valence-corrected chi connectivity index (χ4v) is 3.53. The molecule has 0 unspecified atom stereocenters. The highest BCUT2D eigenvalue weighted by Gasteiger charge is 2.37. The average Bonchev–Trinajstić information content (AvgIpc) is 2.96. The Morgan fingerprint density at radius 1 is 1.27 bits per heavy atom. The molecule has 2 heterocycles. The van der Waals surface area contributed by atoms with Gasteiger partial charge in [0.2, 0.25) is 5.95 Å². The van der Waals surface area contributed by atoms with Crippen LogP contribution in [0.3, 0.4) is 0 Å². The quantitative estimate of drug-likeness (QED) is 0.865. The summed E-state index contributed by atoms with van der Waals surface area (Å²) in [6, 6.07) is 5.06. The van der Waals surface area contributed by atoms with Gasteiger partial charge in [0, 0.05) is 23.3 Å². The molecule has 0 spiro atoms. The van der Waals surface area contributed by atoms with Gasteiger partial charge in [0.25, 0.3) is 0 Å². The molecular formula is C15H12Cl2N4O. The van der Waals surface area contributed by atoms with Crippen LogP contribution in [0.1, 0.15) is 30.9 Å². The number of nitrogens with one attached hydrogen (secondary N) is 1. The van der Waals surface area contributed by atoms with Crippen LogP contribution < -0.4 is 5.32 Å². The van der Waals surface area contributed by atoms with E-state index in [1.54, 1.807) is 10.7 Å². The molecule has 2 aromatic rings. The number of carbonyl (C=O) groups is 1. The van der Waals surface area contributed by atoms with Crippen molar-refractivity contribution >= 4 is 34.9 Å². The van der Waals surface area contributed by atoms with Crippen molar-refractivity contribution in [2.75, 3.05) is 5.32 Å². The second kappa shape index (κ2) is 5.11. The molecule has 0 amide bonds. The summed E-state index contributed by atoms with van der Waals surface area (Å²) in [5, 5.41) is 8.39. The molecule has 0 bridgehead atoms. The highest BCUT2D eigenvalue weighted by atomic mass is 35.5. The number of fused-ring (bicyclic) bond motifs is 1. The highest BCUT2D eigenvalue weighted by Crippen LogP contribution is 2.42. The largest absolute Gasteiger partial charge is 0.328 e. The van der Waals surface area contributed by atoms with Crippen LogP contribution in [0, 0.1) is 0 Å². The fourth-order valence-electron chi connectivity index (χ4n) is 3.12. The van der Waals surface area contributed by atoms with Crippen molar-refractivity contribution in [1.29, 1.82) is 0 Å². The third kappa shape index (κ3) is 1.96. The van der Waals surface area contributed by atoms with Crippen molar-refractivity contribution in [2.45, 2.75) is 25.3 Å². The molecule has 0 saturated heterocycles. The molecule has 1 aliphatic carbocycles. The SMILES string of the molecule is O=C1CCCC2=C1[C@H](c1cccc(Cl)c1Cl)n1ncnc1N2. The van der Waals surface area contributed by atoms with Gasteiger partial charge >= 0.3 is 0 Å². The van der Waals surface area contributed by atoms with Gasteiger partial charge in [0.15, 0.2) is 5.78 Å². The van der Waals surface area contributed by atoms with Gasteiger partial charge in [0.05, 0.1) is 10.0 Å². The van der Waals surface area contributed by atoms with Gasteiger partial charge in [-0.05, 0) is 18.9 Å². The lowest BCUT2D eigenvalue weighted by Gasteiger charge is -2.32. The first-order valence-electron chi connectivity index (χ1n) is 7.03. The molecule has 1 aromatic carbocycles. The summed E-state index contributed by atoms with van der Waals surface area (Å²) < 4.78 is 1.69. The van der Waals surface area contributed by atoms with Crippen LogP contribution in [0.2, 0.25) is 10.0 Å². The number of aromatic nitrogens is 3. The Bertz CT molecular complexity index is 812. The number of nitrogens with zero attached hydrogens (tertiary/aromatic N) is 3. The maximum atomic E-state index is 12.5. The molecular weight excluding hydrogens is 323 g/mol. The summed E-state index contributed by atoms with van der Waals surface area (Å²) in [5.41, 5.74) is 2.40. The molecule has 4 rings (SSSR count). The standard InChI is InChI=1S/C15H12Cl2N4O/c16-9-4-1-3-8(13(9)17)14-12-10(5-2-6-11(12)22)20-15-18-7-19-21(14)15/h1,3-4,7,14H,2,5-6H2,(H,18,19,20)/t14-/m0/s1. The van der Waals surface area contributed by atoms with Gasteiger partial charge in [-0.3, -0.25) is 4.79 Å². The summed E-state index contributed by atoms with van der Waals surface area (Å²) in [7, 11) is 0. The number of halogens is 2. The van der Waals surface area contributed by atoms with Crippen molar-refractivity contribution in [2.24, 2.45) is 0 Å². The Morgan fingerprint density at radius 2 is 2.14 bits per heavy atom. The lowest BCUT2D eigenvalue weighted by molar-refractivity contribution is -0.116. The normalized spacial score (nSPS) is 20.5. The molecule has 7 heteroatoms. The Balaban J connectivity index is 1.97. The van der Waals surface area contributed by atoms with E-state index in [1.807, 2.05) is 12.1 Å². The summed E-state index contributed by atoms with van der Waals surface area (Å²) >= 11 is 12.5. The van der Waals surface area contributed by atoms with Gasteiger partial charge in [-0.2, -0.15) is 10.1 Å². The van der Waals surface area contributed by atoms with Crippen LogP contribution in [-0.2, 0) is 4.79 Å². The average molecular weight is 335 g/mol. The smallest absolute Gasteiger partial charge is 0.226 e. The molecule has 112 valence electrons. The summed E-state index contributed by atoms with van der Waals surface area (Å²) in [5.74, 6) is 0.741. The van der Waals surface area contributed by atoms with E-state index in [9.17, 15) is 4.79 Å². The van der Waals surface area contributed by atoms with Crippen LogP contribution in [0.5, 0.6) is 0 Å². The minimum atomic E-state index is -0.382. The number of hydrogen-bond donors (Lipinski definition) is 1. The van der Waals surface area contributed by atoms with Crippen molar-refractivity contribution in [3.8, 4) is 0 Å². The van der Waals surface area contributed by atoms with E-state index in [1.165, 1.54) is 6.33 Å². The number of rotatable bonds is 1. The first kappa shape index (κ1) is 13.8. The van der Waals surface area contributed by atoms with E-state index in [0.29, 0.717) is 28.0 Å². The third-order valence-corrected chi connectivity index (χ3v) is 4.92. The monoisotopic (exact) mass is 334 g/mol. The van der Waals surface area contributed by atoms with Gasteiger partial charge in [-0.25, -0.2) is 4.68 Å². The number of benzene rings is 1.